The van der Waals surface area contributed by atoms with Crippen molar-refractivity contribution < 1.29 is 9.53 Å². The number of nitrogens with one attached hydrogen (secondary N) is 1. The van der Waals surface area contributed by atoms with Crippen LogP contribution in [0, 0.1) is 0 Å². The van der Waals surface area contributed by atoms with Crippen molar-refractivity contribution in [1.29, 1.82) is 0 Å². The lowest BCUT2D eigenvalue weighted by Crippen LogP contribution is -2.37. The number of amides is 1. The van der Waals surface area contributed by atoms with Crippen LogP contribution in [0.25, 0.3) is 0 Å². The van der Waals surface area contributed by atoms with Gasteiger partial charge in [0, 0.05) is 6.07 Å². The Morgan fingerprint density at radius 1 is 1.60 bits per heavy atom. The van der Waals surface area contributed by atoms with Gasteiger partial charge in [-0.25, -0.2) is 0 Å². The lowest BCUT2D eigenvalue weighted by molar-refractivity contribution is -0.122. The number of aromatic nitrogens is 2. The van der Waals surface area contributed by atoms with Gasteiger partial charge in [-0.15, -0.1) is 5.10 Å². The number of hydrogen-bond donors (Lipinski definition) is 2. The molecule has 1 amide bonds. The maximum Gasteiger partial charge on any atom is 0.236 e. The molecule has 82 valence electrons. The summed E-state index contributed by atoms with van der Waals surface area (Å²) in [4.78, 5) is 11.1. The number of carbonyl (C=O) groups excluding carboxylic acids is 1. The van der Waals surface area contributed by atoms with Gasteiger partial charge < -0.3 is 15.8 Å². The summed E-state index contributed by atoms with van der Waals surface area (Å²) in [5.41, 5.74) is 6.03. The summed E-state index contributed by atoms with van der Waals surface area (Å²) in [6.07, 6.45) is 0. The molecule has 1 aromatic rings. The van der Waals surface area contributed by atoms with E-state index in [0.29, 0.717) is 18.1 Å². The highest BCUT2D eigenvalue weighted by Crippen LogP contribution is 2.02. The summed E-state index contributed by atoms with van der Waals surface area (Å²) >= 11 is 0. The molecule has 1 rings (SSSR count). The first-order valence-corrected chi connectivity index (χ1v) is 4.53. The second kappa shape index (κ2) is 5.26. The van der Waals surface area contributed by atoms with Gasteiger partial charge in [0.05, 0.1) is 25.4 Å². The van der Waals surface area contributed by atoms with Crippen LogP contribution in [0.2, 0.25) is 0 Å². The van der Waals surface area contributed by atoms with Gasteiger partial charge >= 0.3 is 0 Å². The molecule has 15 heavy (non-hydrogen) atoms. The Morgan fingerprint density at radius 2 is 2.33 bits per heavy atom. The van der Waals surface area contributed by atoms with Crippen LogP contribution in [0.4, 0.5) is 0 Å². The first-order valence-electron chi connectivity index (χ1n) is 4.53. The number of carbonyl (C=O) groups is 1. The van der Waals surface area contributed by atoms with Crippen LogP contribution in [-0.2, 0) is 11.3 Å². The third kappa shape index (κ3) is 3.51. The Bertz CT molecular complexity index is 323. The highest BCUT2D eigenvalue weighted by molar-refractivity contribution is 5.80. The minimum atomic E-state index is -0.517. The highest BCUT2D eigenvalue weighted by atomic mass is 16.5. The average Bonchev–Trinajstić information content (AvgIpc) is 2.26. The quantitative estimate of drug-likeness (QED) is 0.695. The average molecular weight is 210 g/mol. The maximum atomic E-state index is 11.1. The SMILES string of the molecule is COc1ccc(CNC(=O)C(C)N)nn1. The first kappa shape index (κ1) is 11.4. The van der Waals surface area contributed by atoms with Crippen molar-refractivity contribution in [2.24, 2.45) is 5.73 Å². The molecule has 0 aliphatic rings. The fourth-order valence-electron chi connectivity index (χ4n) is 0.889. The lowest BCUT2D eigenvalue weighted by atomic mass is 10.3. The summed E-state index contributed by atoms with van der Waals surface area (Å²) in [6.45, 7) is 1.94. The Balaban J connectivity index is 2.47. The Labute approximate surface area is 87.8 Å². The third-order valence-electron chi connectivity index (χ3n) is 1.76. The van der Waals surface area contributed by atoms with Crippen molar-refractivity contribution in [3.63, 3.8) is 0 Å². The minimum Gasteiger partial charge on any atom is -0.480 e. The minimum absolute atomic E-state index is 0.215. The van der Waals surface area contributed by atoms with E-state index in [1.165, 1.54) is 7.11 Å². The van der Waals surface area contributed by atoms with E-state index in [1.807, 2.05) is 0 Å². The van der Waals surface area contributed by atoms with E-state index < -0.39 is 6.04 Å². The Hall–Kier alpha value is -1.69. The number of methoxy groups -OCH3 is 1. The van der Waals surface area contributed by atoms with Gasteiger partial charge in [0.15, 0.2) is 0 Å². The zero-order valence-corrected chi connectivity index (χ0v) is 8.73. The predicted octanol–water partition coefficient (Wildman–Crippen LogP) is -0.551. The molecule has 0 aliphatic carbocycles. The van der Waals surface area contributed by atoms with Gasteiger partial charge in [-0.05, 0) is 13.0 Å². The van der Waals surface area contributed by atoms with Crippen molar-refractivity contribution in [2.75, 3.05) is 7.11 Å². The molecular formula is C9H14N4O2. The molecule has 0 spiro atoms. The highest BCUT2D eigenvalue weighted by Gasteiger charge is 2.06. The van der Waals surface area contributed by atoms with Crippen LogP contribution in [0.3, 0.4) is 0 Å². The van der Waals surface area contributed by atoms with Crippen LogP contribution < -0.4 is 15.8 Å². The van der Waals surface area contributed by atoms with Crippen molar-refractivity contribution in [2.45, 2.75) is 19.5 Å². The molecule has 1 unspecified atom stereocenters. The second-order valence-corrected chi connectivity index (χ2v) is 3.07. The molecule has 0 saturated heterocycles. The van der Waals surface area contributed by atoms with Crippen LogP contribution in [0.1, 0.15) is 12.6 Å². The molecule has 1 heterocycles. The van der Waals surface area contributed by atoms with Crippen molar-refractivity contribution >= 4 is 5.91 Å². The van der Waals surface area contributed by atoms with Crippen LogP contribution >= 0.6 is 0 Å². The molecule has 3 N–H and O–H groups in total. The molecule has 0 fully saturated rings. The summed E-state index contributed by atoms with van der Waals surface area (Å²) in [6, 6.07) is 2.89. The summed E-state index contributed by atoms with van der Waals surface area (Å²) < 4.78 is 4.85. The molecule has 0 saturated carbocycles. The molecule has 0 bridgehead atoms. The maximum absolute atomic E-state index is 11.1. The number of nitrogens with two attached hydrogens (primary N) is 1. The van der Waals surface area contributed by atoms with Gasteiger partial charge in [0.1, 0.15) is 0 Å². The molecule has 0 aliphatic heterocycles. The molecular weight excluding hydrogens is 196 g/mol. The van der Waals surface area contributed by atoms with E-state index in [0.717, 1.165) is 0 Å². The summed E-state index contributed by atoms with van der Waals surface area (Å²) in [5.74, 6) is 0.227. The summed E-state index contributed by atoms with van der Waals surface area (Å²) in [5, 5.41) is 10.2. The van der Waals surface area contributed by atoms with Gasteiger partial charge in [-0.3, -0.25) is 4.79 Å². The van der Waals surface area contributed by atoms with E-state index in [1.54, 1.807) is 19.1 Å². The fraction of sp³-hybridized carbons (Fsp3) is 0.444. The van der Waals surface area contributed by atoms with Gasteiger partial charge in [0.25, 0.3) is 0 Å². The Kier molecular flexibility index (Phi) is 3.99. The third-order valence-corrected chi connectivity index (χ3v) is 1.76. The smallest absolute Gasteiger partial charge is 0.236 e. The van der Waals surface area contributed by atoms with Crippen LogP contribution in [-0.4, -0.2) is 29.3 Å². The van der Waals surface area contributed by atoms with Crippen molar-refractivity contribution in [1.82, 2.24) is 15.5 Å². The fourth-order valence-corrected chi connectivity index (χ4v) is 0.889. The number of ether oxygens (including phenoxy) is 1. The van der Waals surface area contributed by atoms with Gasteiger partial charge in [0.2, 0.25) is 11.8 Å². The van der Waals surface area contributed by atoms with Crippen LogP contribution in [0.15, 0.2) is 12.1 Å². The van der Waals surface area contributed by atoms with Crippen molar-refractivity contribution in [3.8, 4) is 5.88 Å². The number of hydrogen-bond acceptors (Lipinski definition) is 5. The number of nitrogens with zero attached hydrogens (tertiary/aromatic N) is 2. The second-order valence-electron chi connectivity index (χ2n) is 3.07. The van der Waals surface area contributed by atoms with Gasteiger partial charge in [-0.2, -0.15) is 5.10 Å². The molecule has 1 atom stereocenters. The van der Waals surface area contributed by atoms with E-state index in [4.69, 9.17) is 10.5 Å². The largest absolute Gasteiger partial charge is 0.480 e. The molecule has 0 aromatic carbocycles. The number of rotatable bonds is 4. The molecule has 1 aromatic heterocycles. The normalized spacial score (nSPS) is 11.9. The topological polar surface area (TPSA) is 90.1 Å². The first-order chi connectivity index (χ1) is 7.13. The van der Waals surface area contributed by atoms with E-state index >= 15 is 0 Å². The van der Waals surface area contributed by atoms with E-state index in [9.17, 15) is 4.79 Å². The predicted molar refractivity (Wildman–Crippen MR) is 54.1 cm³/mol. The summed E-state index contributed by atoms with van der Waals surface area (Å²) in [7, 11) is 1.52. The molecule has 6 nitrogen and oxygen atoms in total. The zero-order chi connectivity index (χ0) is 11.3. The lowest BCUT2D eigenvalue weighted by Gasteiger charge is -2.06. The Morgan fingerprint density at radius 3 is 2.80 bits per heavy atom. The zero-order valence-electron chi connectivity index (χ0n) is 8.73. The van der Waals surface area contributed by atoms with E-state index in [-0.39, 0.29) is 5.91 Å². The van der Waals surface area contributed by atoms with Gasteiger partial charge in [-0.1, -0.05) is 0 Å². The molecule has 0 radical (unpaired) electrons. The van der Waals surface area contributed by atoms with E-state index in [2.05, 4.69) is 15.5 Å². The standard InChI is InChI=1S/C9H14N4O2/c1-6(10)9(14)11-5-7-3-4-8(15-2)13-12-7/h3-4,6H,5,10H2,1-2H3,(H,11,14). The monoisotopic (exact) mass is 210 g/mol. The molecule has 6 heteroatoms. The van der Waals surface area contributed by atoms with Crippen molar-refractivity contribution in [3.05, 3.63) is 17.8 Å². The van der Waals surface area contributed by atoms with Crippen LogP contribution in [0.5, 0.6) is 5.88 Å².